The van der Waals surface area contributed by atoms with Crippen molar-refractivity contribution in [3.05, 3.63) is 48.6 Å². The van der Waals surface area contributed by atoms with Crippen molar-refractivity contribution in [2.75, 3.05) is 13.2 Å². The first-order valence-corrected chi connectivity index (χ1v) is 32.6. The highest BCUT2D eigenvalue weighted by molar-refractivity contribution is 5.71. The molecule has 0 saturated heterocycles. The van der Waals surface area contributed by atoms with E-state index in [9.17, 15) is 14.4 Å². The van der Waals surface area contributed by atoms with Crippen molar-refractivity contribution in [3.8, 4) is 0 Å². The van der Waals surface area contributed by atoms with Crippen LogP contribution in [0.25, 0.3) is 0 Å². The molecule has 0 aromatic heterocycles. The molecule has 0 aliphatic heterocycles. The lowest BCUT2D eigenvalue weighted by Crippen LogP contribution is -2.30. The lowest BCUT2D eigenvalue weighted by atomic mass is 10.0. The smallest absolute Gasteiger partial charge is 0.306 e. The molecule has 1 atom stereocenters. The van der Waals surface area contributed by atoms with Crippen LogP contribution in [0.15, 0.2) is 48.6 Å². The highest BCUT2D eigenvalue weighted by atomic mass is 16.6. The van der Waals surface area contributed by atoms with Crippen LogP contribution in [0.5, 0.6) is 0 Å². The summed E-state index contributed by atoms with van der Waals surface area (Å²) in [6.45, 7) is 6.65. The van der Waals surface area contributed by atoms with E-state index in [0.29, 0.717) is 19.3 Å². The highest BCUT2D eigenvalue weighted by Crippen LogP contribution is 2.17. The van der Waals surface area contributed by atoms with Crippen LogP contribution in [-0.4, -0.2) is 37.2 Å². The van der Waals surface area contributed by atoms with Gasteiger partial charge < -0.3 is 14.2 Å². The molecule has 74 heavy (non-hydrogen) atoms. The number of hydrogen-bond donors (Lipinski definition) is 0. The molecule has 6 heteroatoms. The fourth-order valence-electron chi connectivity index (χ4n) is 9.62. The van der Waals surface area contributed by atoms with Crippen LogP contribution in [0.1, 0.15) is 348 Å². The zero-order valence-corrected chi connectivity index (χ0v) is 49.6. The lowest BCUT2D eigenvalue weighted by molar-refractivity contribution is -0.167. The fraction of sp³-hybridized carbons (Fsp3) is 0.838. The van der Waals surface area contributed by atoms with Crippen LogP contribution in [0, 0.1) is 0 Å². The molecule has 0 spiro atoms. The van der Waals surface area contributed by atoms with Crippen molar-refractivity contribution >= 4 is 17.9 Å². The second kappa shape index (κ2) is 62.9. The van der Waals surface area contributed by atoms with Gasteiger partial charge in [-0.1, -0.05) is 294 Å². The van der Waals surface area contributed by atoms with Gasteiger partial charge in [0.1, 0.15) is 13.2 Å². The Labute approximate surface area is 460 Å². The summed E-state index contributed by atoms with van der Waals surface area (Å²) < 4.78 is 16.9. The molecule has 0 aliphatic carbocycles. The predicted octanol–water partition coefficient (Wildman–Crippen LogP) is 22.2. The number of rotatable bonds is 60. The number of hydrogen-bond acceptors (Lipinski definition) is 6. The van der Waals surface area contributed by atoms with Crippen LogP contribution < -0.4 is 0 Å². The minimum atomic E-state index is -0.773. The summed E-state index contributed by atoms with van der Waals surface area (Å²) in [5, 5.41) is 0. The predicted molar refractivity (Wildman–Crippen MR) is 321 cm³/mol. The third-order valence-corrected chi connectivity index (χ3v) is 14.6. The first-order chi connectivity index (χ1) is 36.5. The average molecular weight is 1040 g/mol. The van der Waals surface area contributed by atoms with E-state index in [4.69, 9.17) is 14.2 Å². The molecule has 0 aromatic rings. The van der Waals surface area contributed by atoms with E-state index in [1.54, 1.807) is 0 Å². The van der Waals surface area contributed by atoms with Crippen LogP contribution in [-0.2, 0) is 28.6 Å². The van der Waals surface area contributed by atoms with Crippen LogP contribution in [0.4, 0.5) is 0 Å². The monoisotopic (exact) mass is 1040 g/mol. The quantitative estimate of drug-likeness (QED) is 0.0261. The second-order valence-corrected chi connectivity index (χ2v) is 22.0. The standard InChI is InChI=1S/C68H124O6/c1-4-7-10-13-16-19-22-24-26-27-28-29-30-31-32-33-34-35-36-37-38-39-40-41-43-44-46-49-52-55-58-61-67(70)73-64-65(63-72-66(69)60-57-54-51-48-21-18-15-12-9-6-3)74-68(71)62-59-56-53-50-47-45-42-25-23-20-17-14-11-8-5-2/h22,24-25,27-28,30-31,42,65H,4-21,23,26,29,32-41,43-64H2,1-3H3/b24-22-,28-27-,31-30-,42-25-. The Kier molecular flexibility index (Phi) is 60.7. The third-order valence-electron chi connectivity index (χ3n) is 14.6. The summed E-state index contributed by atoms with van der Waals surface area (Å²) in [5.41, 5.74) is 0. The minimum Gasteiger partial charge on any atom is -0.462 e. The van der Waals surface area contributed by atoms with Crippen molar-refractivity contribution < 1.29 is 28.6 Å². The van der Waals surface area contributed by atoms with Crippen LogP contribution in [0.2, 0.25) is 0 Å². The van der Waals surface area contributed by atoms with E-state index in [0.717, 1.165) is 77.0 Å². The topological polar surface area (TPSA) is 78.9 Å². The van der Waals surface area contributed by atoms with Gasteiger partial charge in [-0.25, -0.2) is 0 Å². The average Bonchev–Trinajstić information content (AvgIpc) is 3.40. The first-order valence-electron chi connectivity index (χ1n) is 32.6. The summed E-state index contributed by atoms with van der Waals surface area (Å²) in [6.07, 6.45) is 78.5. The van der Waals surface area contributed by atoms with E-state index in [2.05, 4.69) is 69.4 Å². The molecule has 0 rings (SSSR count). The van der Waals surface area contributed by atoms with E-state index in [1.165, 1.54) is 231 Å². The molecule has 0 heterocycles. The van der Waals surface area contributed by atoms with E-state index in [1.807, 2.05) is 0 Å². The molecule has 0 saturated carbocycles. The van der Waals surface area contributed by atoms with E-state index >= 15 is 0 Å². The second-order valence-electron chi connectivity index (χ2n) is 22.0. The van der Waals surface area contributed by atoms with Crippen molar-refractivity contribution in [1.29, 1.82) is 0 Å². The molecule has 0 N–H and O–H groups in total. The van der Waals surface area contributed by atoms with Gasteiger partial charge in [0, 0.05) is 19.3 Å². The zero-order chi connectivity index (χ0) is 53.6. The number of carbonyl (C=O) groups excluding carboxylic acids is 3. The Morgan fingerprint density at radius 2 is 0.486 bits per heavy atom. The Morgan fingerprint density at radius 3 is 0.770 bits per heavy atom. The van der Waals surface area contributed by atoms with Crippen molar-refractivity contribution in [2.24, 2.45) is 0 Å². The third kappa shape index (κ3) is 60.2. The Bertz CT molecular complexity index is 1280. The van der Waals surface area contributed by atoms with Gasteiger partial charge in [0.2, 0.25) is 0 Å². The van der Waals surface area contributed by atoms with E-state index < -0.39 is 6.10 Å². The number of ether oxygens (including phenoxy) is 3. The van der Waals surface area contributed by atoms with Gasteiger partial charge in [0.15, 0.2) is 6.10 Å². The molecule has 0 amide bonds. The summed E-state index contributed by atoms with van der Waals surface area (Å²) in [6, 6.07) is 0. The minimum absolute atomic E-state index is 0.0719. The molecule has 1 unspecified atom stereocenters. The maximum atomic E-state index is 12.8. The first kappa shape index (κ1) is 71.4. The van der Waals surface area contributed by atoms with E-state index in [-0.39, 0.29) is 31.1 Å². The van der Waals surface area contributed by atoms with Gasteiger partial charge in [0.25, 0.3) is 0 Å². The Balaban J connectivity index is 4.10. The van der Waals surface area contributed by atoms with Crippen molar-refractivity contribution in [2.45, 2.75) is 354 Å². The molecule has 0 radical (unpaired) electrons. The van der Waals surface area contributed by atoms with Gasteiger partial charge in [-0.05, 0) is 83.5 Å². The normalized spacial score (nSPS) is 12.3. The SMILES string of the molecule is CCCCCCC/C=C\C/C=C\C/C=C\CCCCCCCCCCCCCCCCCCC(=O)OCC(COC(=O)CCCCCCCCCCCC)OC(=O)CCCCCCC/C=C\CCCCCCCC. The molecule has 0 fully saturated rings. The van der Waals surface area contributed by atoms with Crippen LogP contribution >= 0.6 is 0 Å². The van der Waals surface area contributed by atoms with Gasteiger partial charge in [-0.2, -0.15) is 0 Å². The summed E-state index contributed by atoms with van der Waals surface area (Å²) in [4.78, 5) is 38.2. The molecular weight excluding hydrogens is 913 g/mol. The molecule has 0 bridgehead atoms. The van der Waals surface area contributed by atoms with Crippen LogP contribution in [0.3, 0.4) is 0 Å². The lowest BCUT2D eigenvalue weighted by Gasteiger charge is -2.18. The van der Waals surface area contributed by atoms with Gasteiger partial charge in [-0.3, -0.25) is 14.4 Å². The number of allylic oxidation sites excluding steroid dienone is 8. The molecule has 432 valence electrons. The molecule has 6 nitrogen and oxygen atoms in total. The highest BCUT2D eigenvalue weighted by Gasteiger charge is 2.19. The van der Waals surface area contributed by atoms with Crippen molar-refractivity contribution in [3.63, 3.8) is 0 Å². The van der Waals surface area contributed by atoms with Gasteiger partial charge in [-0.15, -0.1) is 0 Å². The number of unbranched alkanes of at least 4 members (excludes halogenated alkanes) is 41. The summed E-state index contributed by atoms with van der Waals surface area (Å²) >= 11 is 0. The number of esters is 3. The van der Waals surface area contributed by atoms with Crippen molar-refractivity contribution in [1.82, 2.24) is 0 Å². The molecule has 0 aromatic carbocycles. The fourth-order valence-corrected chi connectivity index (χ4v) is 9.62. The maximum absolute atomic E-state index is 12.8. The molecular formula is C68H124O6. The summed E-state index contributed by atoms with van der Waals surface area (Å²) in [5.74, 6) is -0.863. The van der Waals surface area contributed by atoms with Gasteiger partial charge >= 0.3 is 17.9 Å². The largest absolute Gasteiger partial charge is 0.462 e. The Morgan fingerprint density at radius 1 is 0.270 bits per heavy atom. The summed E-state index contributed by atoms with van der Waals surface area (Å²) in [7, 11) is 0. The maximum Gasteiger partial charge on any atom is 0.306 e. The van der Waals surface area contributed by atoms with Gasteiger partial charge in [0.05, 0.1) is 0 Å². The Hall–Kier alpha value is -2.63. The zero-order valence-electron chi connectivity index (χ0n) is 49.6. The molecule has 0 aliphatic rings. The number of carbonyl (C=O) groups is 3.